The van der Waals surface area contributed by atoms with Crippen LogP contribution in [0.2, 0.25) is 0 Å². The zero-order valence-electron chi connectivity index (χ0n) is 10.9. The van der Waals surface area contributed by atoms with E-state index in [0.29, 0.717) is 10.0 Å². The third-order valence-electron chi connectivity index (χ3n) is 2.45. The summed E-state index contributed by atoms with van der Waals surface area (Å²) in [6, 6.07) is 10.8. The largest absolute Gasteiger partial charge is 0.343 e. The summed E-state index contributed by atoms with van der Waals surface area (Å²) in [6.45, 7) is -0.137. The first-order valence-electron chi connectivity index (χ1n) is 6.05. The Kier molecular flexibility index (Phi) is 5.65. The first-order chi connectivity index (χ1) is 10.2. The van der Waals surface area contributed by atoms with Crippen LogP contribution in [-0.2, 0) is 4.79 Å². The van der Waals surface area contributed by atoms with Crippen molar-refractivity contribution in [3.63, 3.8) is 0 Å². The molecule has 1 aromatic carbocycles. The summed E-state index contributed by atoms with van der Waals surface area (Å²) < 4.78 is 0.679. The fraction of sp³-hybridized carbons (Fsp3) is 0.0714. The third-order valence-corrected chi connectivity index (χ3v) is 3.95. The van der Waals surface area contributed by atoms with Crippen LogP contribution in [0.5, 0.6) is 0 Å². The van der Waals surface area contributed by atoms with Gasteiger partial charge >= 0.3 is 0 Å². The highest BCUT2D eigenvalue weighted by Crippen LogP contribution is 2.15. The molecule has 7 heteroatoms. The van der Waals surface area contributed by atoms with E-state index < -0.39 is 0 Å². The number of hydrogen-bond acceptors (Lipinski definition) is 4. The SMILES string of the molecule is O=C(CNC(=O)c1ccccc1Br)NN=Cc1cccs1. The van der Waals surface area contributed by atoms with E-state index in [1.54, 1.807) is 24.4 Å². The summed E-state index contributed by atoms with van der Waals surface area (Å²) in [5, 5.41) is 8.26. The monoisotopic (exact) mass is 365 g/mol. The summed E-state index contributed by atoms with van der Waals surface area (Å²) in [4.78, 5) is 24.4. The number of amides is 2. The Morgan fingerprint density at radius 1 is 1.24 bits per heavy atom. The molecule has 0 bridgehead atoms. The van der Waals surface area contributed by atoms with Gasteiger partial charge in [-0.1, -0.05) is 18.2 Å². The molecule has 0 unspecified atom stereocenters. The highest BCUT2D eigenvalue weighted by molar-refractivity contribution is 9.10. The van der Waals surface area contributed by atoms with Crippen molar-refractivity contribution in [2.75, 3.05) is 6.54 Å². The molecule has 0 aliphatic carbocycles. The molecule has 2 aromatic rings. The van der Waals surface area contributed by atoms with Crippen LogP contribution in [0, 0.1) is 0 Å². The topological polar surface area (TPSA) is 70.6 Å². The predicted octanol–water partition coefficient (Wildman–Crippen LogP) is 2.39. The first kappa shape index (κ1) is 15.4. The van der Waals surface area contributed by atoms with Crippen molar-refractivity contribution < 1.29 is 9.59 Å². The van der Waals surface area contributed by atoms with Gasteiger partial charge in [0.05, 0.1) is 18.3 Å². The van der Waals surface area contributed by atoms with Crippen molar-refractivity contribution in [3.05, 3.63) is 56.7 Å². The maximum Gasteiger partial charge on any atom is 0.259 e. The van der Waals surface area contributed by atoms with Gasteiger partial charge in [-0.25, -0.2) is 5.43 Å². The standard InChI is InChI=1S/C14H12BrN3O2S/c15-12-6-2-1-5-11(12)14(20)16-9-13(19)18-17-8-10-4-3-7-21-10/h1-8H,9H2,(H,16,20)(H,18,19). The second-order valence-electron chi connectivity index (χ2n) is 3.97. The summed E-state index contributed by atoms with van der Waals surface area (Å²) in [7, 11) is 0. The van der Waals surface area contributed by atoms with Crippen molar-refractivity contribution in [2.45, 2.75) is 0 Å². The van der Waals surface area contributed by atoms with E-state index in [0.717, 1.165) is 4.88 Å². The van der Waals surface area contributed by atoms with Crippen LogP contribution in [0.1, 0.15) is 15.2 Å². The molecule has 0 atom stereocenters. The minimum atomic E-state index is -0.386. The number of benzene rings is 1. The van der Waals surface area contributed by atoms with Crippen LogP contribution in [0.4, 0.5) is 0 Å². The van der Waals surface area contributed by atoms with Crippen LogP contribution >= 0.6 is 27.3 Å². The lowest BCUT2D eigenvalue weighted by Gasteiger charge is -2.05. The molecular formula is C14H12BrN3O2S. The van der Waals surface area contributed by atoms with E-state index in [4.69, 9.17) is 0 Å². The number of halogens is 1. The molecule has 5 nitrogen and oxygen atoms in total. The Hall–Kier alpha value is -1.99. The van der Waals surface area contributed by atoms with Gasteiger partial charge in [0.1, 0.15) is 0 Å². The van der Waals surface area contributed by atoms with Crippen molar-refractivity contribution >= 4 is 45.3 Å². The fourth-order valence-corrected chi connectivity index (χ4v) is 2.52. The molecule has 0 fully saturated rings. The van der Waals surface area contributed by atoms with Crippen LogP contribution < -0.4 is 10.7 Å². The average molecular weight is 366 g/mol. The minimum absolute atomic E-state index is 0.137. The predicted molar refractivity (Wildman–Crippen MR) is 86.5 cm³/mol. The maximum absolute atomic E-state index is 11.9. The second kappa shape index (κ2) is 7.70. The lowest BCUT2D eigenvalue weighted by molar-refractivity contribution is -0.120. The molecule has 0 radical (unpaired) electrons. The number of nitrogens with one attached hydrogen (secondary N) is 2. The molecule has 21 heavy (non-hydrogen) atoms. The van der Waals surface area contributed by atoms with Crippen molar-refractivity contribution in [3.8, 4) is 0 Å². The zero-order valence-corrected chi connectivity index (χ0v) is 13.3. The molecule has 0 saturated heterocycles. The number of carbonyl (C=O) groups is 2. The van der Waals surface area contributed by atoms with Crippen molar-refractivity contribution in [1.29, 1.82) is 0 Å². The summed E-state index contributed by atoms with van der Waals surface area (Å²) in [5.74, 6) is -0.705. The zero-order chi connectivity index (χ0) is 15.1. The van der Waals surface area contributed by atoms with Crippen molar-refractivity contribution in [1.82, 2.24) is 10.7 Å². The number of nitrogens with zero attached hydrogens (tertiary/aromatic N) is 1. The average Bonchev–Trinajstić information content (AvgIpc) is 2.98. The molecule has 1 aromatic heterocycles. The van der Waals surface area contributed by atoms with E-state index >= 15 is 0 Å². The molecule has 0 saturated carbocycles. The van der Waals surface area contributed by atoms with E-state index in [2.05, 4.69) is 31.8 Å². The summed E-state index contributed by atoms with van der Waals surface area (Å²) in [5.41, 5.74) is 2.83. The van der Waals surface area contributed by atoms with E-state index in [1.165, 1.54) is 11.3 Å². The Bertz CT molecular complexity index is 656. The minimum Gasteiger partial charge on any atom is -0.343 e. The molecular weight excluding hydrogens is 354 g/mol. The molecule has 2 rings (SSSR count). The smallest absolute Gasteiger partial charge is 0.259 e. The molecule has 0 aliphatic heterocycles. The normalized spacial score (nSPS) is 10.5. The van der Waals surface area contributed by atoms with Gasteiger partial charge in [-0.15, -0.1) is 11.3 Å². The third kappa shape index (κ3) is 4.80. The van der Waals surface area contributed by atoms with Crippen molar-refractivity contribution in [2.24, 2.45) is 5.10 Å². The number of thiophene rings is 1. The van der Waals surface area contributed by atoms with E-state index in [-0.39, 0.29) is 18.4 Å². The van der Waals surface area contributed by atoms with Crippen LogP contribution in [0.3, 0.4) is 0 Å². The van der Waals surface area contributed by atoms with Gasteiger partial charge in [-0.3, -0.25) is 9.59 Å². The van der Waals surface area contributed by atoms with Gasteiger partial charge in [-0.2, -0.15) is 5.10 Å². The molecule has 0 aliphatic rings. The Labute approximate surface area is 134 Å². The van der Waals surface area contributed by atoms with Gasteiger partial charge in [-0.05, 0) is 39.5 Å². The highest BCUT2D eigenvalue weighted by Gasteiger charge is 2.10. The van der Waals surface area contributed by atoms with Crippen LogP contribution in [0.25, 0.3) is 0 Å². The number of hydrazone groups is 1. The van der Waals surface area contributed by atoms with Crippen LogP contribution in [-0.4, -0.2) is 24.6 Å². The molecule has 2 amide bonds. The Morgan fingerprint density at radius 3 is 2.76 bits per heavy atom. The molecule has 0 spiro atoms. The van der Waals surface area contributed by atoms with Crippen LogP contribution in [0.15, 0.2) is 51.4 Å². The summed E-state index contributed by atoms with van der Waals surface area (Å²) >= 11 is 4.80. The lowest BCUT2D eigenvalue weighted by atomic mass is 10.2. The van der Waals surface area contributed by atoms with E-state index in [1.807, 2.05) is 23.6 Å². The molecule has 2 N–H and O–H groups in total. The van der Waals surface area contributed by atoms with Gasteiger partial charge in [0, 0.05) is 9.35 Å². The van der Waals surface area contributed by atoms with Gasteiger partial charge in [0.25, 0.3) is 11.8 Å². The fourth-order valence-electron chi connectivity index (χ4n) is 1.47. The second-order valence-corrected chi connectivity index (χ2v) is 5.80. The lowest BCUT2D eigenvalue weighted by Crippen LogP contribution is -2.35. The number of carbonyl (C=O) groups excluding carboxylic acids is 2. The molecule has 1 heterocycles. The Balaban J connectivity index is 1.79. The molecule has 108 valence electrons. The number of rotatable bonds is 5. The summed E-state index contributed by atoms with van der Waals surface area (Å²) in [6.07, 6.45) is 1.55. The highest BCUT2D eigenvalue weighted by atomic mass is 79.9. The maximum atomic E-state index is 11.9. The van der Waals surface area contributed by atoms with Gasteiger partial charge in [0.2, 0.25) is 0 Å². The van der Waals surface area contributed by atoms with E-state index in [9.17, 15) is 9.59 Å². The quantitative estimate of drug-likeness (QED) is 0.630. The Morgan fingerprint density at radius 2 is 2.05 bits per heavy atom. The number of hydrogen-bond donors (Lipinski definition) is 2. The van der Waals surface area contributed by atoms with Gasteiger partial charge in [0.15, 0.2) is 0 Å². The van der Waals surface area contributed by atoms with Gasteiger partial charge < -0.3 is 5.32 Å². The first-order valence-corrected chi connectivity index (χ1v) is 7.72.